The average Bonchev–Trinajstić information content (AvgIpc) is 4.21. The van der Waals surface area contributed by atoms with Crippen molar-refractivity contribution in [1.29, 1.82) is 0 Å². The van der Waals surface area contributed by atoms with Crippen LogP contribution in [0.5, 0.6) is 0 Å². The van der Waals surface area contributed by atoms with Crippen molar-refractivity contribution in [3.63, 3.8) is 0 Å². The van der Waals surface area contributed by atoms with Gasteiger partial charge in [0.15, 0.2) is 0 Å². The second-order valence-electron chi connectivity index (χ2n) is 19.4. The van der Waals surface area contributed by atoms with Crippen LogP contribution < -0.4 is 33.1 Å². The standard InChI is InChI=1S/C51H93N9O12/c1-4-7-34-66-40-43(37-56-28-29-56)69-47(61)53-23-17-11-10-16-22-52-46-59(26-20-14-12-18-24-54-48(62)70-44(38-57-30-31-57)41-67-35-8-5-2)50(64)60(51(65)72-46)27-21-15-13-19-25-55-49(63)71-45(39-58-32-33-58)42-68-36-9-6-3/h43-45H,4-42H2,1-3H3,(H,53,61)(H,54,62)(H,55,63)/b52-46-. The maximum atomic E-state index is 13.9. The lowest BCUT2D eigenvalue weighted by atomic mass is 10.2. The molecule has 21 heteroatoms. The van der Waals surface area contributed by atoms with E-state index in [1.807, 2.05) is 0 Å². The molecule has 0 spiro atoms. The first-order chi connectivity index (χ1) is 35.2. The molecule has 3 amide bonds. The quantitative estimate of drug-likeness (QED) is 0.0451. The number of nitrogens with zero attached hydrogens (tertiary/aromatic N) is 6. The van der Waals surface area contributed by atoms with Gasteiger partial charge in [-0.1, -0.05) is 78.6 Å². The van der Waals surface area contributed by atoms with Crippen LogP contribution in [0.25, 0.3) is 0 Å². The third-order valence-electron chi connectivity index (χ3n) is 12.5. The second-order valence-corrected chi connectivity index (χ2v) is 19.4. The molecule has 1 aromatic heterocycles. The van der Waals surface area contributed by atoms with Crippen molar-refractivity contribution in [3.05, 3.63) is 26.7 Å². The van der Waals surface area contributed by atoms with Gasteiger partial charge in [-0.2, -0.15) is 0 Å². The number of hydrogen-bond donors (Lipinski definition) is 3. The molecule has 1 aromatic rings. The number of rotatable bonds is 45. The molecule has 0 bridgehead atoms. The second kappa shape index (κ2) is 37.7. The van der Waals surface area contributed by atoms with E-state index in [9.17, 15) is 24.0 Å². The van der Waals surface area contributed by atoms with Crippen LogP contribution in [-0.2, 0) is 41.5 Å². The molecule has 4 rings (SSSR count). The Hall–Kier alpha value is -4.02. The summed E-state index contributed by atoms with van der Waals surface area (Å²) in [7, 11) is 0. The maximum Gasteiger partial charge on any atom is 0.425 e. The summed E-state index contributed by atoms with van der Waals surface area (Å²) in [5.74, 6) is -0.737. The molecule has 3 aliphatic rings. The van der Waals surface area contributed by atoms with Crippen LogP contribution in [0.2, 0.25) is 0 Å². The molecular formula is C51H93N9O12. The summed E-state index contributed by atoms with van der Waals surface area (Å²) in [6.07, 6.45) is 12.8. The van der Waals surface area contributed by atoms with E-state index >= 15 is 0 Å². The molecule has 3 aliphatic heterocycles. The largest absolute Gasteiger partial charge is 0.442 e. The van der Waals surface area contributed by atoms with Crippen molar-refractivity contribution in [2.75, 3.05) is 125 Å². The van der Waals surface area contributed by atoms with Crippen LogP contribution in [0.1, 0.15) is 136 Å². The van der Waals surface area contributed by atoms with E-state index < -0.39 is 29.7 Å². The molecule has 0 aromatic carbocycles. The minimum absolute atomic E-state index is 0.0172. The van der Waals surface area contributed by atoms with Gasteiger partial charge in [0.25, 0.3) is 0 Å². The highest BCUT2D eigenvalue weighted by Gasteiger charge is 2.27. The zero-order chi connectivity index (χ0) is 51.4. The normalized spacial score (nSPS) is 16.0. The lowest BCUT2D eigenvalue weighted by molar-refractivity contribution is 0.0132. The van der Waals surface area contributed by atoms with Crippen molar-refractivity contribution in [2.45, 2.75) is 168 Å². The van der Waals surface area contributed by atoms with Gasteiger partial charge in [0.2, 0.25) is 0 Å². The minimum Gasteiger partial charge on any atom is -0.442 e. The first-order valence-corrected chi connectivity index (χ1v) is 27.8. The lowest BCUT2D eigenvalue weighted by Crippen LogP contribution is -2.47. The molecule has 3 N–H and O–H groups in total. The summed E-state index contributed by atoms with van der Waals surface area (Å²) in [5, 5.41) is 8.58. The Labute approximate surface area is 428 Å². The minimum atomic E-state index is -0.737. The lowest BCUT2D eigenvalue weighted by Gasteiger charge is -2.19. The Morgan fingerprint density at radius 1 is 0.500 bits per heavy atom. The summed E-state index contributed by atoms with van der Waals surface area (Å²) >= 11 is 0. The third-order valence-corrected chi connectivity index (χ3v) is 12.5. The SMILES string of the molecule is CCCCOCC(CN1CC1)OC(=O)NCCCCCC/N=c1\oc(=O)n(CCCCCCNC(=O)OC(COCCCC)CN2CC2)c(=O)n1CCCCCCNC(=O)OC(COCCCC)CN1CC1. The number of nitrogens with one attached hydrogen (secondary N) is 3. The topological polar surface area (TPSA) is 221 Å². The smallest absolute Gasteiger partial charge is 0.425 e. The van der Waals surface area contributed by atoms with Gasteiger partial charge in [0, 0.05) is 118 Å². The number of ether oxygens (including phenoxy) is 6. The highest BCUT2D eigenvalue weighted by Crippen LogP contribution is 2.11. The summed E-state index contributed by atoms with van der Waals surface area (Å²) in [4.78, 5) is 75.9. The molecule has 0 aliphatic carbocycles. The van der Waals surface area contributed by atoms with Crippen LogP contribution in [-0.4, -0.2) is 185 Å². The molecule has 414 valence electrons. The first kappa shape index (κ1) is 60.5. The number of carbonyl (C=O) groups excluding carboxylic acids is 3. The van der Waals surface area contributed by atoms with Crippen molar-refractivity contribution >= 4 is 18.3 Å². The average molecular weight is 1020 g/mol. The Morgan fingerprint density at radius 2 is 0.861 bits per heavy atom. The van der Waals surface area contributed by atoms with Crippen LogP contribution in [0, 0.1) is 0 Å². The molecular weight excluding hydrogens is 931 g/mol. The fraction of sp³-hybridized carbons (Fsp3) is 0.882. The van der Waals surface area contributed by atoms with Crippen LogP contribution >= 0.6 is 0 Å². The van der Waals surface area contributed by atoms with Gasteiger partial charge < -0.3 is 48.8 Å². The molecule has 3 saturated heterocycles. The van der Waals surface area contributed by atoms with E-state index in [1.165, 1.54) is 4.57 Å². The molecule has 0 saturated carbocycles. The Kier molecular flexibility index (Phi) is 31.7. The fourth-order valence-electron chi connectivity index (χ4n) is 7.78. The van der Waals surface area contributed by atoms with Gasteiger partial charge in [-0.3, -0.25) is 14.7 Å². The third kappa shape index (κ3) is 29.0. The highest BCUT2D eigenvalue weighted by atomic mass is 16.6. The summed E-state index contributed by atoms with van der Waals surface area (Å²) in [6, 6.07) is 0. The van der Waals surface area contributed by atoms with E-state index in [4.69, 9.17) is 32.8 Å². The molecule has 21 nitrogen and oxygen atoms in total. The van der Waals surface area contributed by atoms with Crippen LogP contribution in [0.15, 0.2) is 19.0 Å². The molecule has 4 heterocycles. The summed E-state index contributed by atoms with van der Waals surface area (Å²) in [6.45, 7) is 19.9. The van der Waals surface area contributed by atoms with Crippen molar-refractivity contribution in [1.82, 2.24) is 39.8 Å². The first-order valence-electron chi connectivity index (χ1n) is 27.8. The summed E-state index contributed by atoms with van der Waals surface area (Å²) in [5.41, 5.74) is -0.434. The van der Waals surface area contributed by atoms with Crippen molar-refractivity contribution in [3.8, 4) is 0 Å². The van der Waals surface area contributed by atoms with Gasteiger partial charge in [0.1, 0.15) is 18.3 Å². The van der Waals surface area contributed by atoms with Gasteiger partial charge in [0.05, 0.1) is 19.8 Å². The molecule has 0 radical (unpaired) electrons. The zero-order valence-electron chi connectivity index (χ0n) is 44.4. The van der Waals surface area contributed by atoms with Crippen molar-refractivity contribution < 1.29 is 47.2 Å². The molecule has 3 atom stereocenters. The van der Waals surface area contributed by atoms with E-state index in [2.05, 4.69) is 56.4 Å². The van der Waals surface area contributed by atoms with E-state index in [-0.39, 0.29) is 30.5 Å². The molecule has 3 unspecified atom stereocenters. The zero-order valence-corrected chi connectivity index (χ0v) is 44.4. The number of unbranched alkanes of at least 4 members (excludes halogenated alkanes) is 12. The maximum absolute atomic E-state index is 13.9. The Bertz CT molecular complexity index is 1820. The number of aromatic nitrogens is 2. The van der Waals surface area contributed by atoms with Crippen LogP contribution in [0.3, 0.4) is 0 Å². The predicted octanol–water partition coefficient (Wildman–Crippen LogP) is 4.87. The van der Waals surface area contributed by atoms with Gasteiger partial charge in [-0.05, 0) is 57.8 Å². The highest BCUT2D eigenvalue weighted by molar-refractivity contribution is 5.68. The summed E-state index contributed by atoms with van der Waals surface area (Å²) < 4.78 is 42.5. The number of amides is 3. The molecule has 72 heavy (non-hydrogen) atoms. The molecule has 3 fully saturated rings. The van der Waals surface area contributed by atoms with Crippen molar-refractivity contribution in [2.24, 2.45) is 4.99 Å². The Balaban J connectivity index is 1.20. The fourth-order valence-corrected chi connectivity index (χ4v) is 7.78. The Morgan fingerprint density at radius 3 is 1.24 bits per heavy atom. The number of hydrogen-bond acceptors (Lipinski definition) is 16. The van der Waals surface area contributed by atoms with E-state index in [0.717, 1.165) is 140 Å². The monoisotopic (exact) mass is 1020 g/mol. The number of alkyl carbamates (subject to hydrolysis) is 3. The van der Waals surface area contributed by atoms with E-state index in [1.54, 1.807) is 0 Å². The van der Waals surface area contributed by atoms with Crippen LogP contribution in [0.4, 0.5) is 14.4 Å². The van der Waals surface area contributed by atoms with Gasteiger partial charge >= 0.3 is 35.4 Å². The van der Waals surface area contributed by atoms with Gasteiger partial charge in [-0.25, -0.2) is 38.1 Å². The predicted molar refractivity (Wildman–Crippen MR) is 274 cm³/mol. The number of carbonyl (C=O) groups is 3. The van der Waals surface area contributed by atoms with E-state index in [0.29, 0.717) is 111 Å². The van der Waals surface area contributed by atoms with Gasteiger partial charge in [-0.15, -0.1) is 0 Å².